The largest absolute Gasteiger partial charge is 0.493 e. The third-order valence-corrected chi connectivity index (χ3v) is 4.34. The van der Waals surface area contributed by atoms with Crippen molar-refractivity contribution in [3.8, 4) is 11.5 Å². The quantitative estimate of drug-likeness (QED) is 0.783. The van der Waals surface area contributed by atoms with E-state index in [1.807, 2.05) is 23.5 Å². The number of nitrogens with zero attached hydrogens (tertiary/aromatic N) is 2. The number of hydrogen-bond acceptors (Lipinski definition) is 5. The van der Waals surface area contributed by atoms with Crippen LogP contribution in [0.15, 0.2) is 30.5 Å². The molecule has 0 fully saturated rings. The second kappa shape index (κ2) is 5.69. The van der Waals surface area contributed by atoms with Gasteiger partial charge in [0.25, 0.3) is 0 Å². The lowest BCUT2D eigenvalue weighted by molar-refractivity contribution is 0.0698. The third kappa shape index (κ3) is 2.39. The first-order valence-electron chi connectivity index (χ1n) is 6.56. The van der Waals surface area contributed by atoms with E-state index in [2.05, 4.69) is 4.98 Å². The Morgan fingerprint density at radius 1 is 1.36 bits per heavy atom. The maximum atomic E-state index is 11.4. The molecule has 0 atom stereocenters. The third-order valence-electron chi connectivity index (χ3n) is 3.26. The van der Waals surface area contributed by atoms with Gasteiger partial charge in [-0.2, -0.15) is 0 Å². The molecule has 0 unspecified atom stereocenters. The van der Waals surface area contributed by atoms with E-state index in [1.165, 1.54) is 0 Å². The molecule has 7 heteroatoms. The minimum atomic E-state index is -0.978. The number of carbonyl (C=O) groups is 1. The van der Waals surface area contributed by atoms with Gasteiger partial charge in [0.05, 0.1) is 12.8 Å². The van der Waals surface area contributed by atoms with Crippen LogP contribution >= 0.6 is 11.3 Å². The summed E-state index contributed by atoms with van der Waals surface area (Å²) in [5, 5.41) is 9.36. The molecule has 0 saturated heterocycles. The molecule has 0 aliphatic rings. The zero-order valence-corrected chi connectivity index (χ0v) is 12.9. The molecule has 0 radical (unpaired) electrons. The van der Waals surface area contributed by atoms with Gasteiger partial charge in [-0.1, -0.05) is 23.5 Å². The molecule has 3 aromatic rings. The number of fused-ring (bicyclic) bond motifs is 1. The molecule has 0 amide bonds. The number of methoxy groups -OCH3 is 1. The first kappa shape index (κ1) is 14.4. The van der Waals surface area contributed by atoms with E-state index in [0.29, 0.717) is 22.2 Å². The number of ether oxygens (including phenoxy) is 2. The molecular formula is C15H14N2O4S. The maximum Gasteiger partial charge on any atom is 0.347 e. The molecule has 2 heterocycles. The first-order chi connectivity index (χ1) is 10.6. The van der Waals surface area contributed by atoms with E-state index < -0.39 is 5.97 Å². The zero-order chi connectivity index (χ0) is 15.7. The fourth-order valence-electron chi connectivity index (χ4n) is 2.25. The predicted molar refractivity (Wildman–Crippen MR) is 82.1 cm³/mol. The molecule has 0 saturated carbocycles. The Balaban J connectivity index is 1.97. The summed E-state index contributed by atoms with van der Waals surface area (Å²) < 4.78 is 12.8. The Hall–Kier alpha value is -2.54. The lowest BCUT2D eigenvalue weighted by Gasteiger charge is -2.10. The number of aromatic nitrogens is 2. The van der Waals surface area contributed by atoms with Crippen molar-refractivity contribution in [2.24, 2.45) is 0 Å². The summed E-state index contributed by atoms with van der Waals surface area (Å²) in [7, 11) is 1.56. The number of imidazole rings is 1. The number of aromatic carboxylic acids is 1. The summed E-state index contributed by atoms with van der Waals surface area (Å²) in [6.45, 7) is 2.00. The predicted octanol–water partition coefficient (Wildman–Crippen LogP) is 2.99. The van der Waals surface area contributed by atoms with Crippen LogP contribution in [0.1, 0.15) is 21.1 Å². The van der Waals surface area contributed by atoms with Gasteiger partial charge >= 0.3 is 5.97 Å². The van der Waals surface area contributed by atoms with Gasteiger partial charge in [0.15, 0.2) is 16.5 Å². The lowest BCUT2D eigenvalue weighted by atomic mass is 10.3. The Bertz CT molecular complexity index is 837. The van der Waals surface area contributed by atoms with Crippen molar-refractivity contribution in [1.29, 1.82) is 0 Å². The van der Waals surface area contributed by atoms with Crippen LogP contribution in [0.2, 0.25) is 0 Å². The van der Waals surface area contributed by atoms with Gasteiger partial charge in [0.2, 0.25) is 0 Å². The summed E-state index contributed by atoms with van der Waals surface area (Å²) in [5.41, 5.74) is 1.45. The number of hydrogen-bond donors (Lipinski definition) is 1. The second-order valence-corrected chi connectivity index (χ2v) is 5.62. The molecule has 1 aromatic carbocycles. The number of thiazole rings is 1. The molecule has 22 heavy (non-hydrogen) atoms. The van der Waals surface area contributed by atoms with Crippen LogP contribution in [-0.2, 0) is 6.61 Å². The molecule has 0 spiro atoms. The topological polar surface area (TPSA) is 73.1 Å². The van der Waals surface area contributed by atoms with Gasteiger partial charge in [-0.15, -0.1) is 0 Å². The van der Waals surface area contributed by atoms with Gasteiger partial charge in [-0.3, -0.25) is 4.40 Å². The van der Waals surface area contributed by atoms with Crippen molar-refractivity contribution in [2.45, 2.75) is 13.5 Å². The van der Waals surface area contributed by atoms with Gasteiger partial charge in [-0.25, -0.2) is 9.78 Å². The highest BCUT2D eigenvalue weighted by Gasteiger charge is 2.20. The normalized spacial score (nSPS) is 10.8. The molecular weight excluding hydrogens is 304 g/mol. The van der Waals surface area contributed by atoms with Gasteiger partial charge in [-0.05, 0) is 19.1 Å². The van der Waals surface area contributed by atoms with E-state index in [4.69, 9.17) is 9.47 Å². The average molecular weight is 318 g/mol. The summed E-state index contributed by atoms with van der Waals surface area (Å²) in [6.07, 6.45) is 1.71. The highest BCUT2D eigenvalue weighted by atomic mass is 32.1. The fraction of sp³-hybridized carbons (Fsp3) is 0.200. The van der Waals surface area contributed by atoms with Crippen LogP contribution < -0.4 is 9.47 Å². The van der Waals surface area contributed by atoms with Crippen LogP contribution in [-0.4, -0.2) is 27.6 Å². The van der Waals surface area contributed by atoms with Gasteiger partial charge in [0.1, 0.15) is 11.5 Å². The van der Waals surface area contributed by atoms with E-state index in [0.717, 1.165) is 17.0 Å². The minimum absolute atomic E-state index is 0.124. The number of rotatable bonds is 5. The van der Waals surface area contributed by atoms with E-state index in [9.17, 15) is 9.90 Å². The molecule has 0 bridgehead atoms. The number of benzene rings is 1. The minimum Gasteiger partial charge on any atom is -0.493 e. The molecule has 6 nitrogen and oxygen atoms in total. The summed E-state index contributed by atoms with van der Waals surface area (Å²) in [4.78, 5) is 16.5. The number of para-hydroxylation sites is 2. The summed E-state index contributed by atoms with van der Waals surface area (Å²) >= 11 is 1.14. The van der Waals surface area contributed by atoms with Crippen LogP contribution in [0.4, 0.5) is 0 Å². The van der Waals surface area contributed by atoms with Crippen LogP contribution in [0.5, 0.6) is 11.5 Å². The standard InChI is InChI=1S/C15H14N2O4S/c1-9-7-16-15-17(9)10(13(22-15)14(18)19)8-21-12-6-4-3-5-11(12)20-2/h3-7H,8H2,1-2H3,(H,18,19). The summed E-state index contributed by atoms with van der Waals surface area (Å²) in [6, 6.07) is 7.25. The van der Waals surface area contributed by atoms with Crippen LogP contribution in [0.3, 0.4) is 0 Å². The second-order valence-electron chi connectivity index (χ2n) is 4.64. The van der Waals surface area contributed by atoms with E-state index in [-0.39, 0.29) is 11.5 Å². The van der Waals surface area contributed by atoms with E-state index in [1.54, 1.807) is 25.4 Å². The Labute approximate surface area is 130 Å². The smallest absolute Gasteiger partial charge is 0.347 e. The van der Waals surface area contributed by atoms with Crippen molar-refractivity contribution in [3.05, 3.63) is 46.7 Å². The van der Waals surface area contributed by atoms with Crippen molar-refractivity contribution in [1.82, 2.24) is 9.38 Å². The molecule has 0 aliphatic heterocycles. The van der Waals surface area contributed by atoms with E-state index >= 15 is 0 Å². The molecule has 2 aromatic heterocycles. The number of aryl methyl sites for hydroxylation is 1. The maximum absolute atomic E-state index is 11.4. The first-order valence-corrected chi connectivity index (χ1v) is 7.38. The van der Waals surface area contributed by atoms with Crippen molar-refractivity contribution in [2.75, 3.05) is 7.11 Å². The highest BCUT2D eigenvalue weighted by Crippen LogP contribution is 2.29. The van der Waals surface area contributed by atoms with Gasteiger partial charge < -0.3 is 14.6 Å². The van der Waals surface area contributed by atoms with Crippen LogP contribution in [0.25, 0.3) is 4.96 Å². The van der Waals surface area contributed by atoms with Crippen LogP contribution in [0, 0.1) is 6.92 Å². The zero-order valence-electron chi connectivity index (χ0n) is 12.1. The molecule has 3 rings (SSSR count). The Morgan fingerprint density at radius 2 is 2.09 bits per heavy atom. The van der Waals surface area contributed by atoms with Gasteiger partial charge in [0, 0.05) is 11.9 Å². The Morgan fingerprint density at radius 3 is 2.77 bits per heavy atom. The van der Waals surface area contributed by atoms with Crippen molar-refractivity contribution >= 4 is 22.3 Å². The average Bonchev–Trinajstić information content (AvgIpc) is 3.06. The Kier molecular flexibility index (Phi) is 3.72. The highest BCUT2D eigenvalue weighted by molar-refractivity contribution is 7.19. The van der Waals surface area contributed by atoms with Crippen molar-refractivity contribution < 1.29 is 19.4 Å². The van der Waals surface area contributed by atoms with Crippen molar-refractivity contribution in [3.63, 3.8) is 0 Å². The summed E-state index contributed by atoms with van der Waals surface area (Å²) in [5.74, 6) is 0.195. The fourth-order valence-corrected chi connectivity index (χ4v) is 3.24. The molecule has 114 valence electrons. The number of carboxylic acid groups (broad SMARTS) is 1. The molecule has 1 N–H and O–H groups in total. The SMILES string of the molecule is COc1ccccc1OCc1c(C(=O)O)sc2ncc(C)n12. The monoisotopic (exact) mass is 318 g/mol. The molecule has 0 aliphatic carbocycles. The number of carboxylic acids is 1. The lowest BCUT2D eigenvalue weighted by Crippen LogP contribution is -2.07.